The second-order valence-corrected chi connectivity index (χ2v) is 5.75. The van der Waals surface area contributed by atoms with Crippen molar-refractivity contribution in [2.45, 2.75) is 0 Å². The van der Waals surface area contributed by atoms with Gasteiger partial charge in [-0.15, -0.1) is 0 Å². The van der Waals surface area contributed by atoms with Gasteiger partial charge in [-0.25, -0.2) is 0 Å². The molecule has 0 bridgehead atoms. The van der Waals surface area contributed by atoms with Gasteiger partial charge in [0, 0.05) is 20.2 Å². The van der Waals surface area contributed by atoms with Gasteiger partial charge in [0.2, 0.25) is 0 Å². The lowest BCUT2D eigenvalue weighted by Crippen LogP contribution is -2.12. The van der Waals surface area contributed by atoms with Crippen LogP contribution in [0, 0.1) is 0 Å². The van der Waals surface area contributed by atoms with Crippen LogP contribution < -0.4 is 15.8 Å². The van der Waals surface area contributed by atoms with Gasteiger partial charge in [0.1, 0.15) is 5.75 Å². The van der Waals surface area contributed by atoms with Crippen molar-refractivity contribution in [3.8, 4) is 5.75 Å². The summed E-state index contributed by atoms with van der Waals surface area (Å²) in [5.41, 5.74) is 7.50. The van der Waals surface area contributed by atoms with Crippen LogP contribution in [0.2, 0.25) is 0 Å². The Hall–Kier alpha value is -1.53. The topological polar surface area (TPSA) is 64.3 Å². The molecule has 3 N–H and O–H groups in total. The molecule has 6 heteroatoms. The summed E-state index contributed by atoms with van der Waals surface area (Å²) in [7, 11) is 1.58. The Morgan fingerprint density at radius 1 is 1.15 bits per heavy atom. The summed E-state index contributed by atoms with van der Waals surface area (Å²) < 4.78 is 6.49. The number of nitrogens with two attached hydrogens (primary N) is 1. The number of carbonyl (C=O) groups is 1. The van der Waals surface area contributed by atoms with Gasteiger partial charge >= 0.3 is 0 Å². The van der Waals surface area contributed by atoms with E-state index in [0.29, 0.717) is 31.6 Å². The lowest BCUT2D eigenvalue weighted by molar-refractivity contribution is 0.102. The van der Waals surface area contributed by atoms with E-state index >= 15 is 0 Å². The van der Waals surface area contributed by atoms with Crippen molar-refractivity contribution in [2.75, 3.05) is 18.2 Å². The minimum Gasteiger partial charge on any atom is -0.497 e. The fourth-order valence-electron chi connectivity index (χ4n) is 1.64. The van der Waals surface area contributed by atoms with Crippen LogP contribution >= 0.6 is 31.9 Å². The number of benzene rings is 2. The molecular weight excluding hydrogens is 388 g/mol. The lowest BCUT2D eigenvalue weighted by Gasteiger charge is -2.11. The second kappa shape index (κ2) is 6.28. The summed E-state index contributed by atoms with van der Waals surface area (Å²) >= 11 is 6.75. The van der Waals surface area contributed by atoms with E-state index in [4.69, 9.17) is 10.5 Å². The zero-order chi connectivity index (χ0) is 14.7. The number of hydrogen-bond acceptors (Lipinski definition) is 3. The molecule has 0 saturated carbocycles. The van der Waals surface area contributed by atoms with Crippen molar-refractivity contribution in [3.05, 3.63) is 50.9 Å². The van der Waals surface area contributed by atoms with Gasteiger partial charge in [-0.1, -0.05) is 0 Å². The van der Waals surface area contributed by atoms with Crippen molar-refractivity contribution in [1.29, 1.82) is 0 Å². The highest BCUT2D eigenvalue weighted by atomic mass is 79.9. The average molecular weight is 400 g/mol. The predicted octanol–water partition coefficient (Wildman–Crippen LogP) is 4.05. The van der Waals surface area contributed by atoms with E-state index in [1.165, 1.54) is 0 Å². The molecule has 2 rings (SSSR count). The molecular formula is C14H12Br2N2O2. The zero-order valence-corrected chi connectivity index (χ0v) is 13.8. The van der Waals surface area contributed by atoms with Crippen molar-refractivity contribution < 1.29 is 9.53 Å². The van der Waals surface area contributed by atoms with Crippen LogP contribution in [0.3, 0.4) is 0 Å². The Morgan fingerprint density at radius 2 is 1.70 bits per heavy atom. The first-order valence-corrected chi connectivity index (χ1v) is 7.30. The van der Waals surface area contributed by atoms with Gasteiger partial charge in [0.15, 0.2) is 0 Å². The molecule has 104 valence electrons. The number of carbonyl (C=O) groups excluding carboxylic acids is 1. The number of methoxy groups -OCH3 is 1. The predicted molar refractivity (Wildman–Crippen MR) is 87.2 cm³/mol. The first-order valence-electron chi connectivity index (χ1n) is 5.71. The van der Waals surface area contributed by atoms with E-state index in [1.54, 1.807) is 43.5 Å². The molecule has 0 unspecified atom stereocenters. The van der Waals surface area contributed by atoms with E-state index in [1.807, 2.05) is 0 Å². The van der Waals surface area contributed by atoms with Crippen LogP contribution in [0.1, 0.15) is 10.4 Å². The van der Waals surface area contributed by atoms with Gasteiger partial charge < -0.3 is 15.8 Å². The largest absolute Gasteiger partial charge is 0.497 e. The summed E-state index contributed by atoms with van der Waals surface area (Å²) in [4.78, 5) is 12.2. The first-order chi connectivity index (χ1) is 9.51. The molecule has 0 aliphatic carbocycles. The van der Waals surface area contributed by atoms with E-state index in [9.17, 15) is 4.79 Å². The van der Waals surface area contributed by atoms with E-state index in [-0.39, 0.29) is 5.91 Å². The molecule has 0 fully saturated rings. The summed E-state index contributed by atoms with van der Waals surface area (Å²) in [6.45, 7) is 0. The highest BCUT2D eigenvalue weighted by molar-refractivity contribution is 9.11. The quantitative estimate of drug-likeness (QED) is 0.765. The molecule has 0 aliphatic rings. The number of halogens is 2. The Morgan fingerprint density at radius 3 is 2.20 bits per heavy atom. The number of rotatable bonds is 3. The van der Waals surface area contributed by atoms with E-state index < -0.39 is 0 Å². The fraction of sp³-hybridized carbons (Fsp3) is 0.0714. The van der Waals surface area contributed by atoms with Gasteiger partial charge in [-0.05, 0) is 68.3 Å². The van der Waals surface area contributed by atoms with Gasteiger partial charge in [0.25, 0.3) is 5.91 Å². The molecule has 2 aromatic carbocycles. The van der Waals surface area contributed by atoms with Crippen LogP contribution in [0.15, 0.2) is 45.3 Å². The van der Waals surface area contributed by atoms with Crippen molar-refractivity contribution in [2.24, 2.45) is 0 Å². The molecule has 20 heavy (non-hydrogen) atoms. The molecule has 0 saturated heterocycles. The summed E-state index contributed by atoms with van der Waals surface area (Å²) in [6, 6.07) is 10.3. The number of ether oxygens (including phenoxy) is 1. The Balaban J connectivity index is 2.23. The van der Waals surface area contributed by atoms with Crippen LogP contribution in [0.4, 0.5) is 11.4 Å². The van der Waals surface area contributed by atoms with E-state index in [0.717, 1.165) is 0 Å². The van der Waals surface area contributed by atoms with E-state index in [2.05, 4.69) is 37.2 Å². The zero-order valence-electron chi connectivity index (χ0n) is 10.6. The molecule has 0 radical (unpaired) electrons. The standard InChI is InChI=1S/C14H12Br2N2O2/c1-20-10-4-2-8(3-5-10)14(19)18-13-11(15)6-9(17)7-12(13)16/h2-7H,17H2,1H3,(H,18,19). The maximum Gasteiger partial charge on any atom is 0.255 e. The van der Waals surface area contributed by atoms with Gasteiger partial charge in [-0.3, -0.25) is 4.79 Å². The number of amides is 1. The third-order valence-corrected chi connectivity index (χ3v) is 3.91. The monoisotopic (exact) mass is 398 g/mol. The van der Waals surface area contributed by atoms with Crippen molar-refractivity contribution in [1.82, 2.24) is 0 Å². The fourth-order valence-corrected chi connectivity index (χ4v) is 3.06. The second-order valence-electron chi connectivity index (χ2n) is 4.04. The Bertz CT molecular complexity index is 619. The summed E-state index contributed by atoms with van der Waals surface area (Å²) in [6.07, 6.45) is 0. The van der Waals surface area contributed by atoms with Crippen molar-refractivity contribution in [3.63, 3.8) is 0 Å². The molecule has 2 aromatic rings. The Labute approximate surface area is 133 Å². The third kappa shape index (κ3) is 3.32. The normalized spacial score (nSPS) is 10.2. The van der Waals surface area contributed by atoms with Gasteiger partial charge in [-0.2, -0.15) is 0 Å². The number of anilines is 2. The smallest absolute Gasteiger partial charge is 0.255 e. The molecule has 0 spiro atoms. The Kier molecular flexibility index (Phi) is 4.67. The minimum atomic E-state index is -0.209. The molecule has 0 aliphatic heterocycles. The number of hydrogen-bond donors (Lipinski definition) is 2. The maximum atomic E-state index is 12.2. The SMILES string of the molecule is COc1ccc(C(=O)Nc2c(Br)cc(N)cc2Br)cc1. The molecule has 0 aromatic heterocycles. The third-order valence-electron chi connectivity index (χ3n) is 2.66. The number of nitrogen functional groups attached to an aromatic ring is 1. The van der Waals surface area contributed by atoms with Crippen LogP contribution in [0.25, 0.3) is 0 Å². The molecule has 0 atom stereocenters. The summed E-state index contributed by atoms with van der Waals surface area (Å²) in [5.74, 6) is 0.496. The first kappa shape index (κ1) is 14.9. The summed E-state index contributed by atoms with van der Waals surface area (Å²) in [5, 5.41) is 2.83. The highest BCUT2D eigenvalue weighted by Gasteiger charge is 2.12. The minimum absolute atomic E-state index is 0.209. The lowest BCUT2D eigenvalue weighted by atomic mass is 10.2. The van der Waals surface area contributed by atoms with Crippen LogP contribution in [-0.2, 0) is 0 Å². The molecule has 0 heterocycles. The maximum absolute atomic E-state index is 12.2. The number of nitrogens with one attached hydrogen (secondary N) is 1. The van der Waals surface area contributed by atoms with Crippen LogP contribution in [-0.4, -0.2) is 13.0 Å². The molecule has 4 nitrogen and oxygen atoms in total. The highest BCUT2D eigenvalue weighted by Crippen LogP contribution is 2.33. The van der Waals surface area contributed by atoms with Gasteiger partial charge in [0.05, 0.1) is 12.8 Å². The molecule has 1 amide bonds. The van der Waals surface area contributed by atoms with Crippen molar-refractivity contribution >= 4 is 49.1 Å². The van der Waals surface area contributed by atoms with Crippen LogP contribution in [0.5, 0.6) is 5.75 Å². The average Bonchev–Trinajstić information content (AvgIpc) is 2.42.